The number of carbonyl (C=O) groups is 6. The zero-order valence-electron chi connectivity index (χ0n) is 69.6. The van der Waals surface area contributed by atoms with Crippen LogP contribution in [0.1, 0.15) is 388 Å². The van der Waals surface area contributed by atoms with Gasteiger partial charge >= 0.3 is 75.2 Å². The summed E-state index contributed by atoms with van der Waals surface area (Å²) in [4.78, 5) is 99.3. The van der Waals surface area contributed by atoms with Crippen LogP contribution in [0, 0.1) is 0 Å². The van der Waals surface area contributed by atoms with Gasteiger partial charge in [0.1, 0.15) is 12.2 Å². The molecule has 632 valence electrons. The number of esters is 2. The molecule has 0 aromatic rings. The Bertz CT molecular complexity index is 2200. The third kappa shape index (κ3) is 76.2. The van der Waals surface area contributed by atoms with E-state index in [1.807, 2.05) is 0 Å². The van der Waals surface area contributed by atoms with Crippen molar-refractivity contribution in [3.05, 3.63) is 0 Å². The van der Waals surface area contributed by atoms with Gasteiger partial charge < -0.3 is 55.3 Å². The SMILES string of the molecule is CCCCCCCCCCCCNC(=O)N[C@H](COCC[C@@H](CCCCCCC)OC(=O)CCCCCCCCCCC)COP(=O)(O)OCCNC(=O)NCCOP(=O)(O)OC[C@@H](COCC[C@@H](CCCCCCC)OC(=O)CCCCCCCCCCC)NC(=O)NC(=O)CCCCCCCCCCC.[Na+]. The van der Waals surface area contributed by atoms with Gasteiger partial charge in [-0.3, -0.25) is 37.8 Å². The van der Waals surface area contributed by atoms with Gasteiger partial charge in [-0.05, 0) is 51.4 Å². The van der Waals surface area contributed by atoms with Gasteiger partial charge in [0.2, 0.25) is 5.91 Å². The second kappa shape index (κ2) is 79.8. The molecule has 24 nitrogen and oxygen atoms in total. The first-order valence-corrected chi connectivity index (χ1v) is 46.4. The van der Waals surface area contributed by atoms with E-state index in [0.29, 0.717) is 51.5 Å². The summed E-state index contributed by atoms with van der Waals surface area (Å²) >= 11 is 0. The Morgan fingerprint density at radius 3 is 0.935 bits per heavy atom. The van der Waals surface area contributed by atoms with E-state index >= 15 is 0 Å². The molecule has 7 amide bonds. The topological polar surface area (TPSA) is 323 Å². The third-order valence-electron chi connectivity index (χ3n) is 19.0. The second-order valence-corrected chi connectivity index (χ2v) is 32.4. The molecule has 27 heteroatoms. The summed E-state index contributed by atoms with van der Waals surface area (Å²) < 4.78 is 71.2. The molecular weight excluding hydrogens is 1430 g/mol. The smallest absolute Gasteiger partial charge is 0.462 e. The van der Waals surface area contributed by atoms with Crippen LogP contribution in [0.5, 0.6) is 0 Å². The summed E-state index contributed by atoms with van der Waals surface area (Å²) in [5.74, 6) is -0.911. The average molecular weight is 1590 g/mol. The van der Waals surface area contributed by atoms with Crippen LogP contribution in [0.3, 0.4) is 0 Å². The van der Waals surface area contributed by atoms with E-state index in [-0.39, 0.29) is 99.6 Å². The van der Waals surface area contributed by atoms with Crippen molar-refractivity contribution in [2.45, 2.75) is 413 Å². The van der Waals surface area contributed by atoms with Crippen molar-refractivity contribution in [1.29, 1.82) is 0 Å². The van der Waals surface area contributed by atoms with Crippen LogP contribution in [0.15, 0.2) is 0 Å². The fraction of sp³-hybridized carbons (Fsp3) is 0.926. The molecule has 0 aromatic carbocycles. The molecule has 6 atom stereocenters. The number of amides is 7. The number of unbranched alkanes of at least 4 members (excludes halogenated alkanes) is 41. The summed E-state index contributed by atoms with van der Waals surface area (Å²) in [5, 5.41) is 15.6. The zero-order valence-corrected chi connectivity index (χ0v) is 73.4. The molecule has 0 aliphatic heterocycles. The molecule has 0 aliphatic rings. The number of phosphoric ester groups is 2. The summed E-state index contributed by atoms with van der Waals surface area (Å²) in [6.07, 6.45) is 54.6. The van der Waals surface area contributed by atoms with Crippen LogP contribution < -0.4 is 61.5 Å². The van der Waals surface area contributed by atoms with E-state index in [2.05, 4.69) is 73.4 Å². The predicted octanol–water partition coefficient (Wildman–Crippen LogP) is 17.5. The van der Waals surface area contributed by atoms with E-state index in [4.69, 9.17) is 37.0 Å². The van der Waals surface area contributed by atoms with Crippen LogP contribution in [0.2, 0.25) is 0 Å². The van der Waals surface area contributed by atoms with Gasteiger partial charge in [0.25, 0.3) is 0 Å². The summed E-state index contributed by atoms with van der Waals surface area (Å²) in [5.41, 5.74) is 0. The van der Waals surface area contributed by atoms with Crippen molar-refractivity contribution in [3.63, 3.8) is 0 Å². The zero-order chi connectivity index (χ0) is 78.6. The normalized spacial score (nSPS) is 13.6. The van der Waals surface area contributed by atoms with Gasteiger partial charge in [-0.1, -0.05) is 305 Å². The molecule has 0 heterocycles. The van der Waals surface area contributed by atoms with Gasteiger partial charge in [0.05, 0.1) is 64.9 Å². The van der Waals surface area contributed by atoms with Crippen LogP contribution >= 0.6 is 15.6 Å². The number of rotatable bonds is 81. The summed E-state index contributed by atoms with van der Waals surface area (Å²) in [6.45, 7) is 11.2. The Balaban J connectivity index is 0. The molecule has 0 aliphatic carbocycles. The summed E-state index contributed by atoms with van der Waals surface area (Å²) in [6, 6.07) is -3.99. The fourth-order valence-electron chi connectivity index (χ4n) is 12.5. The fourth-order valence-corrected chi connectivity index (χ4v) is 14.0. The predicted molar refractivity (Wildman–Crippen MR) is 430 cm³/mol. The largest absolute Gasteiger partial charge is 1.00 e. The van der Waals surface area contributed by atoms with E-state index in [0.717, 1.165) is 154 Å². The third-order valence-corrected chi connectivity index (χ3v) is 21.0. The number of hydrogen-bond donors (Lipinski definition) is 8. The van der Waals surface area contributed by atoms with Crippen molar-refractivity contribution in [2.75, 3.05) is 72.5 Å². The minimum atomic E-state index is -4.81. The van der Waals surface area contributed by atoms with E-state index in [9.17, 15) is 47.7 Å². The number of ether oxygens (including phenoxy) is 4. The Morgan fingerprint density at radius 1 is 0.306 bits per heavy atom. The summed E-state index contributed by atoms with van der Waals surface area (Å²) in [7, 11) is -9.55. The molecule has 0 spiro atoms. The van der Waals surface area contributed by atoms with Crippen molar-refractivity contribution in [1.82, 2.24) is 31.9 Å². The maximum Gasteiger partial charge on any atom is 1.00 e. The molecule has 108 heavy (non-hydrogen) atoms. The molecule has 0 bridgehead atoms. The monoisotopic (exact) mass is 1590 g/mol. The van der Waals surface area contributed by atoms with Crippen LogP contribution in [-0.4, -0.2) is 143 Å². The van der Waals surface area contributed by atoms with Gasteiger partial charge in [-0.25, -0.2) is 23.5 Å². The number of carbonyl (C=O) groups excluding carboxylic acids is 6. The quantitative estimate of drug-likeness (QED) is 0.0121. The van der Waals surface area contributed by atoms with Crippen molar-refractivity contribution in [2.24, 2.45) is 0 Å². The number of imide groups is 1. The number of urea groups is 3. The minimum absolute atomic E-state index is 0. The average Bonchev–Trinajstić information content (AvgIpc) is 0.914. The Labute approximate surface area is 678 Å². The van der Waals surface area contributed by atoms with Crippen molar-refractivity contribution < 1.29 is 114 Å². The Hall–Kier alpha value is -2.44. The second-order valence-electron chi connectivity index (χ2n) is 29.5. The molecule has 8 N–H and O–H groups in total. The molecule has 0 radical (unpaired) electrons. The molecule has 2 unspecified atom stereocenters. The van der Waals surface area contributed by atoms with Crippen LogP contribution in [-0.2, 0) is 60.6 Å². The molecule has 0 rings (SSSR count). The molecule has 0 saturated heterocycles. The first-order chi connectivity index (χ1) is 51.9. The van der Waals surface area contributed by atoms with Gasteiger partial charge in [-0.2, -0.15) is 0 Å². The first kappa shape index (κ1) is 108. The maximum atomic E-state index is 13.2. The Kier molecular flexibility index (Phi) is 79.5. The van der Waals surface area contributed by atoms with Gasteiger partial charge in [0.15, 0.2) is 0 Å². The molecule has 0 fully saturated rings. The van der Waals surface area contributed by atoms with Gasteiger partial charge in [0, 0.05) is 51.7 Å². The van der Waals surface area contributed by atoms with Gasteiger partial charge in [-0.15, -0.1) is 0 Å². The minimum Gasteiger partial charge on any atom is -0.462 e. The van der Waals surface area contributed by atoms with Crippen LogP contribution in [0.4, 0.5) is 14.4 Å². The van der Waals surface area contributed by atoms with Crippen molar-refractivity contribution >= 4 is 51.6 Å². The molecule has 0 aromatic heterocycles. The van der Waals surface area contributed by atoms with E-state index in [1.165, 1.54) is 141 Å². The van der Waals surface area contributed by atoms with E-state index in [1.54, 1.807) is 0 Å². The Morgan fingerprint density at radius 2 is 0.593 bits per heavy atom. The maximum absolute atomic E-state index is 13.2. The standard InChI is InChI=1S/C81H160N6O18P2.Na/c1-7-13-19-25-29-33-37-41-47-53-61-82-80(92)85-72(68-98-64-59-74(54-48-42-23-17-11-5)104-77(89)57-51-45-39-35-31-27-21-15-9-3)70-102-106(94,95)100-66-62-83-79(91)84-63-67-101-107(96,97)103-71-73(86-81(93)87-76(88)56-50-44-38-34-30-26-20-14-8-2)69-99-65-60-75(55-49-43-24-18-12-6)105-78(90)58-52-46-40-36-32-28-22-16-10-4;/h72-75H,7-71H2,1-6H3,(H,94,95)(H,96,97)(H2,82,85,92)(H2,83,84,91)(H2,86,87,88,93);/q;+1/t72-,73-,74-,75-;/m1./s1. The van der Waals surface area contributed by atoms with Crippen LogP contribution in [0.25, 0.3) is 0 Å². The first-order valence-electron chi connectivity index (χ1n) is 43.4. The number of hydrogen-bond acceptors (Lipinski definition) is 16. The van der Waals surface area contributed by atoms with Crippen molar-refractivity contribution in [3.8, 4) is 0 Å². The van der Waals surface area contributed by atoms with E-state index < -0.39 is 78.2 Å². The number of phosphoric acid groups is 2. The molecular formula is C81H160N6NaO18P2+. The number of nitrogens with one attached hydrogen (secondary N) is 6. The molecule has 0 saturated carbocycles.